The van der Waals surface area contributed by atoms with Crippen molar-refractivity contribution in [2.75, 3.05) is 88.7 Å². The Kier molecular flexibility index (Phi) is 16.6. The number of anilines is 2. The Hall–Kier alpha value is -5.73. The van der Waals surface area contributed by atoms with Crippen molar-refractivity contribution in [3.05, 3.63) is 101 Å². The fraction of sp³-hybridized carbons (Fsp3) is 0.542. The molecule has 4 aromatic rings. The fourth-order valence-electron chi connectivity index (χ4n) is 15.1. The summed E-state index contributed by atoms with van der Waals surface area (Å²) in [5.74, 6) is -2.00. The molecule has 6 heterocycles. The van der Waals surface area contributed by atoms with Crippen molar-refractivity contribution in [2.45, 2.75) is 112 Å². The third kappa shape index (κ3) is 9.46. The molecule has 1 saturated carbocycles. The normalized spacial score (nSPS) is 30.6. The lowest BCUT2D eigenvalue weighted by Crippen LogP contribution is -2.81. The third-order valence-electron chi connectivity index (χ3n) is 18.3. The van der Waals surface area contributed by atoms with E-state index in [-0.39, 0.29) is 12.3 Å². The molecule has 1 aliphatic carbocycles. The van der Waals surface area contributed by atoms with Crippen molar-refractivity contribution in [3.8, 4) is 5.75 Å². The molecule has 11 atom stereocenters. The van der Waals surface area contributed by atoms with Crippen molar-refractivity contribution < 1.29 is 58.2 Å². The van der Waals surface area contributed by atoms with Crippen LogP contribution in [-0.2, 0) is 61.9 Å². The van der Waals surface area contributed by atoms with Crippen LogP contribution in [0, 0.1) is 11.3 Å². The van der Waals surface area contributed by atoms with E-state index in [2.05, 4.69) is 25.8 Å². The molecule has 6 aliphatic rings. The summed E-state index contributed by atoms with van der Waals surface area (Å²) in [6, 6.07) is 16.7. The van der Waals surface area contributed by atoms with E-state index >= 15 is 4.79 Å². The molecular weight excluding hydrogens is 1060 g/mol. The number of para-hydroxylation sites is 1. The molecule has 1 aromatic heterocycles. The molecule has 0 unspecified atom stereocenters. The van der Waals surface area contributed by atoms with Gasteiger partial charge < -0.3 is 54.8 Å². The standard InChI is InChI=1S/C46H56N4O10.C13H18Cl2N2O2/c1-7-42(55)22-28-23-45(40(53)58-5,36-30(14-18-48(24-28)25-42)29-12-9-10-13-33(29)47-36)32-20-31-34(21-35(32)57-4)50(26-51)38-44(31)16-19-49-17-11-15-43(8-2,37(44)49)39(60-27(3)52)46(38,56)41(54)59-6;14-5-7-17(8-6-15)11-3-1-10(2-4-11)9-12(16)13(18)19/h9-13,15,20-21,26,28,37-39,47,55-56H,7-8,14,16-19,22-25H2,1-6H3;1-4,12H,5-9,16H2,(H,18,19)/t28-,37+,38-,39-,42+,43-,44-,45+,46+;12-/m10/s1. The van der Waals surface area contributed by atoms with Crippen LogP contribution in [0.5, 0.6) is 5.75 Å². The van der Waals surface area contributed by atoms with E-state index in [9.17, 15) is 29.4 Å². The lowest BCUT2D eigenvalue weighted by atomic mass is 9.47. The SMILES string of the molecule is CC[C@]1(O)C[C@H]2C[N@](CCc3c([nH]c4ccccc34)[C@@](C(=O)OC)(c3cc4c(cc3OC)N(C=O)[C@H]3[C@@](O)(C(=O)OC)[C@H](OC(C)=O)[C@]5(CC)C=CCN6CC[C@]43[C@@H]65)C2)C1.N[C@@H](Cc1ccc(N(CCCl)CCCl)cc1)C(=O)O. The number of benzene rings is 3. The highest BCUT2D eigenvalue weighted by Gasteiger charge is 2.81. The fourth-order valence-corrected chi connectivity index (χ4v) is 15.5. The number of nitrogens with one attached hydrogen (secondary N) is 1. The highest BCUT2D eigenvalue weighted by molar-refractivity contribution is 6.18. The minimum atomic E-state index is -2.53. The number of piperidine rings is 1. The van der Waals surface area contributed by atoms with Gasteiger partial charge >= 0.3 is 23.9 Å². The number of alkyl halides is 2. The number of aliphatic carboxylic acids is 1. The van der Waals surface area contributed by atoms with Crippen LogP contribution in [0.3, 0.4) is 0 Å². The number of ether oxygens (including phenoxy) is 4. The summed E-state index contributed by atoms with van der Waals surface area (Å²) >= 11 is 11.5. The van der Waals surface area contributed by atoms with Gasteiger partial charge in [0.05, 0.1) is 38.7 Å². The molecule has 10 rings (SSSR count). The Morgan fingerprint density at radius 1 is 0.924 bits per heavy atom. The van der Waals surface area contributed by atoms with Crippen molar-refractivity contribution in [3.63, 3.8) is 0 Å². The van der Waals surface area contributed by atoms with Crippen molar-refractivity contribution >= 4 is 75.8 Å². The molecule has 426 valence electrons. The van der Waals surface area contributed by atoms with Crippen LogP contribution in [0.25, 0.3) is 10.9 Å². The van der Waals surface area contributed by atoms with Gasteiger partial charge in [0.25, 0.3) is 0 Å². The number of fused-ring (bicyclic) bond motifs is 6. The number of nitrogens with two attached hydrogens (primary N) is 1. The largest absolute Gasteiger partial charge is 0.496 e. The quantitative estimate of drug-likeness (QED) is 0.0309. The minimum Gasteiger partial charge on any atom is -0.496 e. The number of nitrogens with zero attached hydrogens (tertiary/aromatic N) is 4. The molecular formula is C59H74Cl2N6O12. The minimum absolute atomic E-state index is 0.155. The number of rotatable bonds is 16. The second-order valence-electron chi connectivity index (χ2n) is 22.3. The van der Waals surface area contributed by atoms with Crippen LogP contribution < -0.4 is 20.3 Å². The van der Waals surface area contributed by atoms with E-state index in [1.807, 2.05) is 74.5 Å². The number of aromatic amines is 1. The predicted octanol–water partition coefficient (Wildman–Crippen LogP) is 5.44. The number of amides is 1. The first kappa shape index (κ1) is 57.9. The average molecular weight is 1130 g/mol. The molecule has 5 aliphatic heterocycles. The summed E-state index contributed by atoms with van der Waals surface area (Å²) in [6.45, 7) is 9.61. The highest BCUT2D eigenvalue weighted by Crippen LogP contribution is 2.68. The second kappa shape index (κ2) is 22.7. The second-order valence-corrected chi connectivity index (χ2v) is 23.0. The molecule has 79 heavy (non-hydrogen) atoms. The van der Waals surface area contributed by atoms with Crippen molar-refractivity contribution in [1.82, 2.24) is 14.8 Å². The van der Waals surface area contributed by atoms with Gasteiger partial charge in [-0.2, -0.15) is 0 Å². The van der Waals surface area contributed by atoms with E-state index in [0.29, 0.717) is 118 Å². The molecule has 2 bridgehead atoms. The van der Waals surface area contributed by atoms with Crippen molar-refractivity contribution in [2.24, 2.45) is 17.1 Å². The summed E-state index contributed by atoms with van der Waals surface area (Å²) < 4.78 is 23.7. The number of hydrogen-bond donors (Lipinski definition) is 5. The number of carboxylic acid groups (broad SMARTS) is 1. The number of aromatic nitrogens is 1. The maximum absolute atomic E-state index is 15.3. The molecule has 1 amide bonds. The summed E-state index contributed by atoms with van der Waals surface area (Å²) in [5, 5.41) is 35.0. The number of methoxy groups -OCH3 is 3. The maximum Gasteiger partial charge on any atom is 0.344 e. The number of halogens is 2. The molecule has 0 radical (unpaired) electrons. The number of aliphatic hydroxyl groups is 2. The molecule has 20 heteroatoms. The zero-order valence-electron chi connectivity index (χ0n) is 45.8. The van der Waals surface area contributed by atoms with Crippen LogP contribution in [0.1, 0.15) is 80.8 Å². The van der Waals surface area contributed by atoms with Gasteiger partial charge in [-0.05, 0) is 98.4 Å². The Balaban J connectivity index is 0.000000339. The smallest absolute Gasteiger partial charge is 0.344 e. The van der Waals surface area contributed by atoms with Crippen LogP contribution in [0.4, 0.5) is 11.4 Å². The number of esters is 3. The number of carboxylic acids is 1. The third-order valence-corrected chi connectivity index (χ3v) is 18.6. The van der Waals surface area contributed by atoms with Crippen LogP contribution >= 0.6 is 23.2 Å². The lowest BCUT2D eigenvalue weighted by molar-refractivity contribution is -0.228. The van der Waals surface area contributed by atoms with Gasteiger partial charge in [-0.25, -0.2) is 4.79 Å². The van der Waals surface area contributed by atoms with E-state index in [4.69, 9.17) is 53.0 Å². The Morgan fingerprint density at radius 2 is 1.63 bits per heavy atom. The van der Waals surface area contributed by atoms with E-state index in [1.165, 1.54) is 33.2 Å². The molecule has 6 N–H and O–H groups in total. The van der Waals surface area contributed by atoms with Gasteiger partial charge in [0, 0.05) is 109 Å². The highest BCUT2D eigenvalue weighted by atomic mass is 35.5. The number of hydrogen-bond acceptors (Lipinski definition) is 15. The van der Waals surface area contributed by atoms with Gasteiger partial charge in [-0.1, -0.05) is 56.3 Å². The molecule has 3 aromatic carbocycles. The lowest BCUT2D eigenvalue weighted by Gasteiger charge is -2.63. The van der Waals surface area contributed by atoms with Crippen LogP contribution in [0.2, 0.25) is 0 Å². The zero-order chi connectivity index (χ0) is 56.8. The Morgan fingerprint density at radius 3 is 2.25 bits per heavy atom. The van der Waals surface area contributed by atoms with E-state index in [1.54, 1.807) is 6.07 Å². The van der Waals surface area contributed by atoms with Gasteiger partial charge in [0.1, 0.15) is 17.2 Å². The Labute approximate surface area is 471 Å². The first-order valence-electron chi connectivity index (χ1n) is 27.3. The maximum atomic E-state index is 15.3. The molecule has 3 fully saturated rings. The molecule has 18 nitrogen and oxygen atoms in total. The summed E-state index contributed by atoms with van der Waals surface area (Å²) in [7, 11) is 4.09. The summed E-state index contributed by atoms with van der Waals surface area (Å²) in [5.41, 5.74) is 4.27. The average Bonchev–Trinajstić information content (AvgIpc) is 1.98. The molecule has 1 spiro atoms. The van der Waals surface area contributed by atoms with Gasteiger partial charge in [0.15, 0.2) is 6.10 Å². The zero-order valence-corrected chi connectivity index (χ0v) is 47.4. The van der Waals surface area contributed by atoms with E-state index in [0.717, 1.165) is 40.8 Å². The van der Waals surface area contributed by atoms with E-state index < -0.39 is 75.6 Å². The summed E-state index contributed by atoms with van der Waals surface area (Å²) in [4.78, 5) is 78.9. The number of carbonyl (C=O) groups is 5. The van der Waals surface area contributed by atoms with Gasteiger partial charge in [-0.15, -0.1) is 23.2 Å². The first-order valence-corrected chi connectivity index (χ1v) is 28.4. The van der Waals surface area contributed by atoms with Gasteiger partial charge in [-0.3, -0.25) is 29.0 Å². The number of H-pyrrole nitrogens is 1. The molecule has 2 saturated heterocycles. The summed E-state index contributed by atoms with van der Waals surface area (Å²) in [6.07, 6.45) is 6.15. The van der Waals surface area contributed by atoms with Crippen LogP contribution in [0.15, 0.2) is 72.8 Å². The Bertz CT molecular complexity index is 2990. The predicted molar refractivity (Wildman–Crippen MR) is 300 cm³/mol. The van der Waals surface area contributed by atoms with Gasteiger partial charge in [0.2, 0.25) is 12.0 Å². The topological polar surface area (TPSA) is 238 Å². The monoisotopic (exact) mass is 1130 g/mol. The van der Waals surface area contributed by atoms with Crippen LogP contribution in [-0.4, -0.2) is 175 Å². The van der Waals surface area contributed by atoms with Crippen molar-refractivity contribution in [1.29, 1.82) is 0 Å². The first-order chi connectivity index (χ1) is 37.8. The number of carbonyl (C=O) groups excluding carboxylic acids is 4.